The Balaban J connectivity index is 2.21. The molecule has 8 heteroatoms. The molecule has 0 amide bonds. The summed E-state index contributed by atoms with van der Waals surface area (Å²) in [5.74, 6) is 0.609. The Morgan fingerprint density at radius 3 is 2.72 bits per heavy atom. The van der Waals surface area contributed by atoms with Crippen molar-refractivity contribution < 1.29 is 13.2 Å². The predicted molar refractivity (Wildman–Crippen MR) is 68.3 cm³/mol. The Kier molecular flexibility index (Phi) is 3.86. The smallest absolute Gasteiger partial charge is 0.279 e. The number of alkyl halides is 3. The van der Waals surface area contributed by atoms with Gasteiger partial charge in [0.1, 0.15) is 0 Å². The van der Waals surface area contributed by atoms with E-state index in [0.29, 0.717) is 17.3 Å². The molecule has 1 aromatic rings. The minimum atomic E-state index is -4.34. The third-order valence-electron chi connectivity index (χ3n) is 2.23. The van der Waals surface area contributed by atoms with E-state index in [1.54, 1.807) is 11.9 Å². The van der Waals surface area contributed by atoms with Crippen LogP contribution in [0.3, 0.4) is 0 Å². The van der Waals surface area contributed by atoms with E-state index in [4.69, 9.17) is 0 Å². The fraction of sp³-hybridized carbons (Fsp3) is 0.400. The highest BCUT2D eigenvalue weighted by atomic mass is 79.9. The molecular formula is C10H9BrF3N3S. The van der Waals surface area contributed by atoms with E-state index in [1.807, 2.05) is 0 Å². The van der Waals surface area contributed by atoms with Crippen molar-refractivity contribution in [3.05, 3.63) is 29.1 Å². The van der Waals surface area contributed by atoms with Crippen molar-refractivity contribution in [1.82, 2.24) is 9.99 Å². The average molecular weight is 340 g/mol. The number of halogens is 4. The fourth-order valence-corrected chi connectivity index (χ4v) is 2.66. The highest BCUT2D eigenvalue weighted by molar-refractivity contribution is 9.22. The van der Waals surface area contributed by atoms with Gasteiger partial charge in [0.15, 0.2) is 3.95 Å². The van der Waals surface area contributed by atoms with Gasteiger partial charge >= 0.3 is 6.18 Å². The predicted octanol–water partition coefficient (Wildman–Crippen LogP) is 3.58. The highest BCUT2D eigenvalue weighted by Crippen LogP contribution is 2.30. The molecule has 0 aromatic carbocycles. The lowest BCUT2D eigenvalue weighted by Crippen LogP contribution is -2.15. The molecule has 0 fully saturated rings. The van der Waals surface area contributed by atoms with Gasteiger partial charge < -0.3 is 0 Å². The van der Waals surface area contributed by atoms with E-state index in [2.05, 4.69) is 26.0 Å². The van der Waals surface area contributed by atoms with Gasteiger partial charge in [0.2, 0.25) is 0 Å². The van der Waals surface area contributed by atoms with Crippen LogP contribution in [0.25, 0.3) is 0 Å². The first-order valence-corrected chi connectivity index (χ1v) is 6.79. The average Bonchev–Trinajstić information content (AvgIpc) is 2.61. The van der Waals surface area contributed by atoms with Crippen molar-refractivity contribution >= 4 is 31.6 Å². The van der Waals surface area contributed by atoms with Gasteiger partial charge in [-0.15, -0.1) is 0 Å². The van der Waals surface area contributed by atoms with Crippen LogP contribution in [0.15, 0.2) is 17.2 Å². The number of hydrazone groups is 1. The first-order valence-electron chi connectivity index (χ1n) is 5.01. The lowest BCUT2D eigenvalue weighted by Gasteiger charge is -2.14. The maximum atomic E-state index is 12.6. The summed E-state index contributed by atoms with van der Waals surface area (Å²) in [7, 11) is 0. The van der Waals surface area contributed by atoms with E-state index < -0.39 is 11.7 Å². The third kappa shape index (κ3) is 3.38. The molecule has 0 saturated carbocycles. The van der Waals surface area contributed by atoms with Gasteiger partial charge in [0.25, 0.3) is 0 Å². The molecule has 1 aliphatic rings. The SMILES string of the molecule is Cc1cc(C(F)(F)F)cc(CN2CSC(Br)=N2)n1. The van der Waals surface area contributed by atoms with Gasteiger partial charge in [0, 0.05) is 5.69 Å². The van der Waals surface area contributed by atoms with Crippen LogP contribution in [-0.4, -0.2) is 19.8 Å². The number of hydrogen-bond acceptors (Lipinski definition) is 4. The zero-order chi connectivity index (χ0) is 13.3. The van der Waals surface area contributed by atoms with Gasteiger partial charge in [-0.1, -0.05) is 11.8 Å². The molecule has 2 heterocycles. The molecule has 0 bridgehead atoms. The number of nitrogens with zero attached hydrogens (tertiary/aromatic N) is 3. The molecule has 3 nitrogen and oxygen atoms in total. The number of hydrogen-bond donors (Lipinski definition) is 0. The number of pyridine rings is 1. The van der Waals surface area contributed by atoms with Crippen LogP contribution in [0, 0.1) is 6.92 Å². The largest absolute Gasteiger partial charge is 0.416 e. The second kappa shape index (κ2) is 5.08. The second-order valence-electron chi connectivity index (χ2n) is 3.78. The first-order chi connectivity index (χ1) is 8.34. The second-order valence-corrected chi connectivity index (χ2v) is 5.99. The molecule has 0 saturated heterocycles. The van der Waals surface area contributed by atoms with E-state index in [0.717, 1.165) is 16.1 Å². The lowest BCUT2D eigenvalue weighted by atomic mass is 10.2. The molecule has 0 radical (unpaired) electrons. The van der Waals surface area contributed by atoms with Crippen molar-refractivity contribution in [1.29, 1.82) is 0 Å². The number of rotatable bonds is 2. The quantitative estimate of drug-likeness (QED) is 0.824. The van der Waals surface area contributed by atoms with Gasteiger partial charge in [-0.2, -0.15) is 18.3 Å². The summed E-state index contributed by atoms with van der Waals surface area (Å²) in [6, 6.07) is 2.11. The standard InChI is InChI=1S/C10H9BrF3N3S/c1-6-2-7(10(12,13)14)3-8(15-6)4-17-5-18-9(11)16-17/h2-3H,4-5H2,1H3. The first kappa shape index (κ1) is 13.7. The van der Waals surface area contributed by atoms with Crippen LogP contribution in [0.5, 0.6) is 0 Å². The van der Waals surface area contributed by atoms with Crippen LogP contribution < -0.4 is 0 Å². The lowest BCUT2D eigenvalue weighted by molar-refractivity contribution is -0.137. The fourth-order valence-electron chi connectivity index (χ4n) is 1.55. The summed E-state index contributed by atoms with van der Waals surface area (Å²) in [4.78, 5) is 4.10. The monoisotopic (exact) mass is 339 g/mol. The maximum Gasteiger partial charge on any atom is 0.416 e. The summed E-state index contributed by atoms with van der Waals surface area (Å²) in [6.45, 7) is 1.82. The van der Waals surface area contributed by atoms with Gasteiger partial charge in [-0.25, -0.2) is 0 Å². The van der Waals surface area contributed by atoms with E-state index >= 15 is 0 Å². The molecular weight excluding hydrogens is 331 g/mol. The van der Waals surface area contributed by atoms with Crippen LogP contribution in [-0.2, 0) is 12.7 Å². The summed E-state index contributed by atoms with van der Waals surface area (Å²) in [5, 5.41) is 5.78. The van der Waals surface area contributed by atoms with E-state index in [1.165, 1.54) is 11.8 Å². The number of aryl methyl sites for hydroxylation is 1. The van der Waals surface area contributed by atoms with Crippen LogP contribution in [0.2, 0.25) is 0 Å². The van der Waals surface area contributed by atoms with Crippen molar-refractivity contribution in [3.63, 3.8) is 0 Å². The number of thioether (sulfide) groups is 1. The Hall–Kier alpha value is -0.760. The van der Waals surface area contributed by atoms with Crippen molar-refractivity contribution in [2.75, 3.05) is 5.88 Å². The number of aromatic nitrogens is 1. The third-order valence-corrected chi connectivity index (χ3v) is 3.82. The Morgan fingerprint density at radius 1 is 1.44 bits per heavy atom. The minimum Gasteiger partial charge on any atom is -0.279 e. The molecule has 1 aliphatic heterocycles. The molecule has 18 heavy (non-hydrogen) atoms. The summed E-state index contributed by atoms with van der Waals surface area (Å²) >= 11 is 4.70. The molecule has 0 atom stereocenters. The minimum absolute atomic E-state index is 0.271. The highest BCUT2D eigenvalue weighted by Gasteiger charge is 2.31. The Morgan fingerprint density at radius 2 is 2.17 bits per heavy atom. The Labute approximate surface area is 115 Å². The van der Waals surface area contributed by atoms with Gasteiger partial charge in [0.05, 0.1) is 23.7 Å². The van der Waals surface area contributed by atoms with Crippen molar-refractivity contribution in [3.8, 4) is 0 Å². The van der Waals surface area contributed by atoms with Gasteiger partial charge in [-0.05, 0) is 35.0 Å². The van der Waals surface area contributed by atoms with Crippen LogP contribution in [0.1, 0.15) is 17.0 Å². The van der Waals surface area contributed by atoms with Crippen LogP contribution >= 0.6 is 27.7 Å². The molecule has 0 aliphatic carbocycles. The maximum absolute atomic E-state index is 12.6. The molecule has 0 spiro atoms. The topological polar surface area (TPSA) is 28.5 Å². The van der Waals surface area contributed by atoms with Gasteiger partial charge in [-0.3, -0.25) is 9.99 Å². The van der Waals surface area contributed by atoms with Crippen LogP contribution in [0.4, 0.5) is 13.2 Å². The van der Waals surface area contributed by atoms with Crippen molar-refractivity contribution in [2.24, 2.45) is 5.10 Å². The normalized spacial score (nSPS) is 16.1. The molecule has 0 N–H and O–H groups in total. The summed E-state index contributed by atoms with van der Waals surface area (Å²) in [6.07, 6.45) is -4.34. The van der Waals surface area contributed by atoms with E-state index in [9.17, 15) is 13.2 Å². The molecule has 0 unspecified atom stereocenters. The molecule has 1 aromatic heterocycles. The zero-order valence-electron chi connectivity index (χ0n) is 9.33. The summed E-state index contributed by atoms with van der Waals surface area (Å²) < 4.78 is 38.7. The van der Waals surface area contributed by atoms with Crippen molar-refractivity contribution in [2.45, 2.75) is 19.6 Å². The van der Waals surface area contributed by atoms with E-state index in [-0.39, 0.29) is 6.54 Å². The summed E-state index contributed by atoms with van der Waals surface area (Å²) in [5.41, 5.74) is 0.0588. The Bertz CT molecular complexity index is 490. The zero-order valence-corrected chi connectivity index (χ0v) is 11.7. The molecule has 98 valence electrons. The molecule has 2 rings (SSSR count).